The van der Waals surface area contributed by atoms with E-state index in [-0.39, 0.29) is 11.5 Å². The molecule has 1 aliphatic rings. The summed E-state index contributed by atoms with van der Waals surface area (Å²) in [5, 5.41) is 0.606. The van der Waals surface area contributed by atoms with Crippen molar-refractivity contribution in [3.05, 3.63) is 48.0 Å². The lowest BCUT2D eigenvalue weighted by molar-refractivity contribution is 0.0758. The van der Waals surface area contributed by atoms with Crippen LogP contribution in [0, 0.1) is 6.92 Å². The average molecular weight is 436 g/mol. The fraction of sp³-hybridized carbons (Fsp3) is 0.450. The molecule has 1 aliphatic heterocycles. The van der Waals surface area contributed by atoms with Crippen LogP contribution in [0.4, 0.5) is 0 Å². The molecule has 0 saturated heterocycles. The third-order valence-corrected chi connectivity index (χ3v) is 7.64. The van der Waals surface area contributed by atoms with Gasteiger partial charge in [0.1, 0.15) is 10.7 Å². The topological polar surface area (TPSA) is 55.2 Å². The molecular formula is C20H22ClN3O2S2. The van der Waals surface area contributed by atoms with E-state index in [4.69, 9.17) is 16.6 Å². The highest BCUT2D eigenvalue weighted by molar-refractivity contribution is 7.20. The van der Waals surface area contributed by atoms with E-state index in [2.05, 4.69) is 0 Å². The van der Waals surface area contributed by atoms with Crippen LogP contribution in [0.15, 0.2) is 16.9 Å². The Kier molecular flexibility index (Phi) is 5.58. The average Bonchev–Trinajstić information content (AvgIpc) is 3.13. The lowest BCUT2D eigenvalue weighted by Gasteiger charge is -2.19. The molecule has 0 spiro atoms. The third-order valence-electron chi connectivity index (χ3n) is 5.25. The van der Waals surface area contributed by atoms with Crippen LogP contribution >= 0.6 is 34.3 Å². The van der Waals surface area contributed by atoms with Crippen molar-refractivity contribution >= 4 is 50.4 Å². The normalized spacial score (nSPS) is 14.1. The minimum atomic E-state index is -0.0490. The number of fused-ring (bicyclic) bond motifs is 2. The van der Waals surface area contributed by atoms with Crippen molar-refractivity contribution in [2.24, 2.45) is 0 Å². The van der Waals surface area contributed by atoms with Crippen LogP contribution in [0.25, 0.3) is 10.2 Å². The molecular weight excluding hydrogens is 414 g/mol. The van der Waals surface area contributed by atoms with Gasteiger partial charge in [0.25, 0.3) is 11.5 Å². The van der Waals surface area contributed by atoms with Crippen molar-refractivity contribution in [2.45, 2.75) is 52.6 Å². The molecule has 3 aromatic rings. The van der Waals surface area contributed by atoms with Crippen molar-refractivity contribution < 1.29 is 4.79 Å². The first-order chi connectivity index (χ1) is 13.5. The molecule has 1 amide bonds. The molecule has 0 fully saturated rings. The number of rotatable bonds is 4. The Morgan fingerprint density at radius 2 is 2.11 bits per heavy atom. The fourth-order valence-corrected chi connectivity index (χ4v) is 5.97. The van der Waals surface area contributed by atoms with E-state index < -0.39 is 0 Å². The predicted octanol–water partition coefficient (Wildman–Crippen LogP) is 4.87. The molecule has 4 heterocycles. The molecule has 0 atom stereocenters. The summed E-state index contributed by atoms with van der Waals surface area (Å²) in [5.41, 5.74) is 0.757. The Balaban J connectivity index is 1.73. The zero-order valence-electron chi connectivity index (χ0n) is 16.0. The van der Waals surface area contributed by atoms with Crippen molar-refractivity contribution in [3.8, 4) is 0 Å². The number of amides is 1. The summed E-state index contributed by atoms with van der Waals surface area (Å²) < 4.78 is 2.53. The smallest absolute Gasteiger partial charge is 0.264 e. The van der Waals surface area contributed by atoms with E-state index in [1.54, 1.807) is 4.90 Å². The fourth-order valence-electron chi connectivity index (χ4n) is 3.71. The molecule has 0 aromatic carbocycles. The number of aryl methyl sites for hydroxylation is 2. The molecule has 8 heteroatoms. The number of hydrogen-bond acceptors (Lipinski definition) is 5. The van der Waals surface area contributed by atoms with Crippen molar-refractivity contribution in [1.29, 1.82) is 0 Å². The summed E-state index contributed by atoms with van der Waals surface area (Å²) in [5.74, 6) is 0.808. The van der Waals surface area contributed by atoms with Gasteiger partial charge < -0.3 is 4.90 Å². The van der Waals surface area contributed by atoms with Gasteiger partial charge in [-0.3, -0.25) is 14.2 Å². The molecule has 0 aliphatic carbocycles. The highest BCUT2D eigenvalue weighted by Gasteiger charge is 2.25. The second kappa shape index (κ2) is 7.97. The summed E-state index contributed by atoms with van der Waals surface area (Å²) in [4.78, 5) is 35.3. The van der Waals surface area contributed by atoms with Gasteiger partial charge in [-0.1, -0.05) is 18.0 Å². The molecule has 4 rings (SSSR count). The molecule has 3 aromatic heterocycles. The maximum Gasteiger partial charge on any atom is 0.264 e. The summed E-state index contributed by atoms with van der Waals surface area (Å²) in [6.45, 7) is 5.66. The van der Waals surface area contributed by atoms with Crippen molar-refractivity contribution in [1.82, 2.24) is 14.5 Å². The summed E-state index contributed by atoms with van der Waals surface area (Å²) in [7, 11) is 0. The summed E-state index contributed by atoms with van der Waals surface area (Å²) >= 11 is 8.86. The van der Waals surface area contributed by atoms with Crippen LogP contribution < -0.4 is 5.56 Å². The Morgan fingerprint density at radius 3 is 2.82 bits per heavy atom. The standard InChI is InChI=1S/C20H22ClN3O2S2/c1-3-23(11-13-8-9-14(21)27-13)20(26)17-12(2)16-18(28-17)22-15-7-5-4-6-10-24(15)19(16)25/h8-9H,3-7,10-11H2,1-2H3. The number of thiophene rings is 2. The molecule has 0 radical (unpaired) electrons. The van der Waals surface area contributed by atoms with Gasteiger partial charge in [-0.25, -0.2) is 4.98 Å². The van der Waals surface area contributed by atoms with Gasteiger partial charge in [-0.05, 0) is 44.4 Å². The SMILES string of the molecule is CCN(Cc1ccc(Cl)s1)C(=O)c1sc2nc3n(c(=O)c2c1C)CCCCC3. The van der Waals surface area contributed by atoms with Gasteiger partial charge in [0.15, 0.2) is 0 Å². The molecule has 148 valence electrons. The van der Waals surface area contributed by atoms with Crippen LogP contribution in [0.5, 0.6) is 0 Å². The summed E-state index contributed by atoms with van der Waals surface area (Å²) in [6.07, 6.45) is 4.01. The summed E-state index contributed by atoms with van der Waals surface area (Å²) in [6, 6.07) is 3.80. The van der Waals surface area contributed by atoms with Crippen LogP contribution in [0.1, 0.15) is 52.1 Å². The molecule has 0 N–H and O–H groups in total. The molecule has 0 unspecified atom stereocenters. The van der Waals surface area contributed by atoms with Crippen molar-refractivity contribution in [2.75, 3.05) is 6.54 Å². The molecule has 5 nitrogen and oxygen atoms in total. The van der Waals surface area contributed by atoms with E-state index >= 15 is 0 Å². The van der Waals surface area contributed by atoms with Crippen molar-refractivity contribution in [3.63, 3.8) is 0 Å². The van der Waals surface area contributed by atoms with Gasteiger partial charge in [0.2, 0.25) is 0 Å². The second-order valence-electron chi connectivity index (χ2n) is 7.06. The molecule has 0 saturated carbocycles. The number of aromatic nitrogens is 2. The van der Waals surface area contributed by atoms with E-state index in [1.807, 2.05) is 30.5 Å². The molecule has 0 bridgehead atoms. The highest BCUT2D eigenvalue weighted by atomic mass is 35.5. The quantitative estimate of drug-likeness (QED) is 0.587. The first kappa shape index (κ1) is 19.6. The molecule has 28 heavy (non-hydrogen) atoms. The van der Waals surface area contributed by atoms with Gasteiger partial charge >= 0.3 is 0 Å². The monoisotopic (exact) mass is 435 g/mol. The van der Waals surface area contributed by atoms with Gasteiger partial charge in [0.05, 0.1) is 21.1 Å². The minimum Gasteiger partial charge on any atom is -0.333 e. The predicted molar refractivity (Wildman–Crippen MR) is 116 cm³/mol. The Bertz CT molecular complexity index is 1100. The Labute approximate surface area is 176 Å². The first-order valence-corrected chi connectivity index (χ1v) is 11.6. The van der Waals surface area contributed by atoms with E-state index in [1.165, 1.54) is 22.7 Å². The lowest BCUT2D eigenvalue weighted by atomic mass is 10.2. The van der Waals surface area contributed by atoms with Gasteiger partial charge in [0, 0.05) is 24.4 Å². The zero-order valence-corrected chi connectivity index (χ0v) is 18.3. The van der Waals surface area contributed by atoms with Crippen LogP contribution in [0.3, 0.4) is 0 Å². The maximum atomic E-state index is 13.2. The third kappa shape index (κ3) is 3.51. The largest absolute Gasteiger partial charge is 0.333 e. The van der Waals surface area contributed by atoms with E-state index in [9.17, 15) is 9.59 Å². The van der Waals surface area contributed by atoms with Crippen LogP contribution in [-0.2, 0) is 19.5 Å². The van der Waals surface area contributed by atoms with Crippen LogP contribution in [-0.4, -0.2) is 26.9 Å². The Morgan fingerprint density at radius 1 is 1.29 bits per heavy atom. The lowest BCUT2D eigenvalue weighted by Crippen LogP contribution is -2.30. The first-order valence-electron chi connectivity index (χ1n) is 9.56. The van der Waals surface area contributed by atoms with E-state index in [0.29, 0.717) is 28.2 Å². The minimum absolute atomic E-state index is 0.00258. The number of halogens is 1. The highest BCUT2D eigenvalue weighted by Crippen LogP contribution is 2.30. The Hall–Kier alpha value is -1.70. The maximum absolute atomic E-state index is 13.2. The zero-order chi connectivity index (χ0) is 19.8. The number of hydrogen-bond donors (Lipinski definition) is 0. The number of carbonyl (C=O) groups excluding carboxylic acids is 1. The second-order valence-corrected chi connectivity index (χ2v) is 9.86. The van der Waals surface area contributed by atoms with Crippen LogP contribution in [0.2, 0.25) is 4.34 Å². The number of nitrogens with zero attached hydrogens (tertiary/aromatic N) is 3. The van der Waals surface area contributed by atoms with E-state index in [0.717, 1.165) is 52.8 Å². The van der Waals surface area contributed by atoms with Gasteiger partial charge in [-0.2, -0.15) is 0 Å². The number of carbonyl (C=O) groups is 1. The van der Waals surface area contributed by atoms with Gasteiger partial charge in [-0.15, -0.1) is 22.7 Å².